The van der Waals surface area contributed by atoms with Gasteiger partial charge in [-0.2, -0.15) is 0 Å². The molecule has 3 rings (SSSR count). The van der Waals surface area contributed by atoms with Gasteiger partial charge >= 0.3 is 0 Å². The number of nitrogens with two attached hydrogens (primary N) is 1. The molecular formula is C22H29FN2OS. The number of hydrogen-bond acceptors (Lipinski definition) is 3. The van der Waals surface area contributed by atoms with Crippen molar-refractivity contribution in [3.63, 3.8) is 0 Å². The molecule has 0 bridgehead atoms. The molecule has 2 aromatic carbocycles. The number of benzene rings is 2. The Labute approximate surface area is 164 Å². The third kappa shape index (κ3) is 5.24. The fourth-order valence-electron chi connectivity index (χ4n) is 3.26. The number of hydrogen-bond donors (Lipinski definition) is 2. The van der Waals surface area contributed by atoms with Crippen LogP contribution in [0, 0.1) is 5.82 Å². The van der Waals surface area contributed by atoms with Crippen LogP contribution in [0.4, 0.5) is 10.1 Å². The summed E-state index contributed by atoms with van der Waals surface area (Å²) in [5.41, 5.74) is 9.56. The van der Waals surface area contributed by atoms with Crippen molar-refractivity contribution in [2.75, 3.05) is 12.3 Å². The van der Waals surface area contributed by atoms with Gasteiger partial charge in [-0.15, -0.1) is 4.72 Å². The smallest absolute Gasteiger partial charge is 0.146 e. The normalized spacial score (nSPS) is 16.9. The zero-order chi connectivity index (χ0) is 19.6. The van der Waals surface area contributed by atoms with Gasteiger partial charge in [0.1, 0.15) is 10.6 Å². The summed E-state index contributed by atoms with van der Waals surface area (Å²) in [5, 5.41) is 0. The van der Waals surface area contributed by atoms with Crippen LogP contribution < -0.4 is 10.5 Å². The molecule has 0 heterocycles. The third-order valence-corrected chi connectivity index (χ3v) is 6.59. The fraction of sp³-hybridized carbons (Fsp3) is 0.455. The topological polar surface area (TPSA) is 61.1 Å². The minimum atomic E-state index is -1.11. The van der Waals surface area contributed by atoms with Gasteiger partial charge in [0.25, 0.3) is 0 Å². The van der Waals surface area contributed by atoms with Gasteiger partial charge in [-0.3, -0.25) is 0 Å². The molecule has 0 radical (unpaired) electrons. The van der Waals surface area contributed by atoms with Gasteiger partial charge in [-0.1, -0.05) is 30.3 Å². The van der Waals surface area contributed by atoms with Crippen molar-refractivity contribution in [3.8, 4) is 0 Å². The van der Waals surface area contributed by atoms with Crippen LogP contribution in [0.2, 0.25) is 0 Å². The molecule has 3 N–H and O–H groups in total. The maximum atomic E-state index is 13.7. The lowest BCUT2D eigenvalue weighted by Gasteiger charge is -2.25. The van der Waals surface area contributed by atoms with Crippen molar-refractivity contribution < 1.29 is 8.94 Å². The minimum absolute atomic E-state index is 0.0797. The first-order valence-corrected chi connectivity index (χ1v) is 10.7. The van der Waals surface area contributed by atoms with Crippen LogP contribution in [0.25, 0.3) is 0 Å². The molecule has 0 aromatic heterocycles. The monoisotopic (exact) mass is 388 g/mol. The number of nitrogens with one attached hydrogen (secondary N) is 1. The quantitative estimate of drug-likeness (QED) is 0.526. The van der Waals surface area contributed by atoms with E-state index in [9.17, 15) is 8.94 Å². The molecule has 2 unspecified atom stereocenters. The van der Waals surface area contributed by atoms with Crippen LogP contribution in [0.5, 0.6) is 0 Å². The number of anilines is 1. The van der Waals surface area contributed by atoms with Crippen molar-refractivity contribution in [3.05, 3.63) is 65.0 Å². The summed E-state index contributed by atoms with van der Waals surface area (Å²) in [6.07, 6.45) is 3.27. The van der Waals surface area contributed by atoms with Crippen molar-refractivity contribution in [1.82, 2.24) is 4.72 Å². The Bertz CT molecular complexity index is 786. The van der Waals surface area contributed by atoms with E-state index in [0.29, 0.717) is 12.5 Å². The van der Waals surface area contributed by atoms with Crippen LogP contribution >= 0.6 is 0 Å². The van der Waals surface area contributed by atoms with E-state index in [-0.39, 0.29) is 16.4 Å². The zero-order valence-corrected chi connectivity index (χ0v) is 17.1. The second kappa shape index (κ2) is 8.21. The van der Waals surface area contributed by atoms with Crippen LogP contribution in [-0.4, -0.2) is 15.8 Å². The largest absolute Gasteiger partial charge is 0.598 e. The molecular weight excluding hydrogens is 359 g/mol. The number of rotatable bonds is 7. The molecule has 1 aliphatic carbocycles. The maximum Gasteiger partial charge on any atom is 0.146 e. The molecule has 1 fully saturated rings. The zero-order valence-electron chi connectivity index (χ0n) is 16.3. The predicted molar refractivity (Wildman–Crippen MR) is 112 cm³/mol. The Morgan fingerprint density at radius 2 is 1.89 bits per heavy atom. The molecule has 5 heteroatoms. The Morgan fingerprint density at radius 1 is 1.19 bits per heavy atom. The summed E-state index contributed by atoms with van der Waals surface area (Å²) in [6.45, 7) is 6.47. The van der Waals surface area contributed by atoms with Crippen LogP contribution in [0.15, 0.2) is 42.5 Å². The second-order valence-electron chi connectivity index (χ2n) is 8.34. The highest BCUT2D eigenvalue weighted by Gasteiger charge is 2.27. The number of halogens is 1. The van der Waals surface area contributed by atoms with Gasteiger partial charge in [0.05, 0.1) is 5.69 Å². The molecule has 2 atom stereocenters. The Morgan fingerprint density at radius 3 is 2.52 bits per heavy atom. The van der Waals surface area contributed by atoms with E-state index in [1.54, 1.807) is 12.1 Å². The molecule has 0 saturated heterocycles. The van der Waals surface area contributed by atoms with E-state index in [2.05, 4.69) is 29.0 Å². The van der Waals surface area contributed by atoms with Crippen molar-refractivity contribution in [1.29, 1.82) is 0 Å². The molecule has 0 aliphatic heterocycles. The maximum absolute atomic E-state index is 13.7. The van der Waals surface area contributed by atoms with E-state index in [4.69, 9.17) is 5.73 Å². The third-order valence-electron chi connectivity index (χ3n) is 5.01. The van der Waals surface area contributed by atoms with E-state index in [1.807, 2.05) is 20.8 Å². The average molecular weight is 389 g/mol. The minimum Gasteiger partial charge on any atom is -0.598 e. The Hall–Kier alpha value is -1.56. The van der Waals surface area contributed by atoms with Gasteiger partial charge < -0.3 is 10.3 Å². The lowest BCUT2D eigenvalue weighted by molar-refractivity contribution is 0.539. The van der Waals surface area contributed by atoms with Gasteiger partial charge in [-0.25, -0.2) is 4.39 Å². The van der Waals surface area contributed by atoms with E-state index in [1.165, 1.54) is 30.0 Å². The van der Waals surface area contributed by atoms with Crippen molar-refractivity contribution in [2.45, 2.75) is 56.6 Å². The Kier molecular flexibility index (Phi) is 6.14. The van der Waals surface area contributed by atoms with Crippen LogP contribution in [0.3, 0.4) is 0 Å². The SMILES string of the molecule is CC(C)(C)[S+]([O-])NCCC(c1cccc(C2CC2)c1)c1ccc(F)c(N)c1. The molecule has 27 heavy (non-hydrogen) atoms. The standard InChI is InChI=1S/C22H29FN2OS/c1-22(2,3)27(26)25-12-11-19(18-9-10-20(23)21(24)14-18)17-6-4-5-16(13-17)15-7-8-15/h4-6,9-10,13-15,19,25H,7-8,11-12,24H2,1-3H3. The summed E-state index contributed by atoms with van der Waals surface area (Å²) < 4.78 is 28.8. The average Bonchev–Trinajstić information content (AvgIpc) is 3.45. The molecule has 1 saturated carbocycles. The Balaban J connectivity index is 1.82. The second-order valence-corrected chi connectivity index (χ2v) is 10.4. The van der Waals surface area contributed by atoms with Crippen LogP contribution in [-0.2, 0) is 11.4 Å². The predicted octanol–water partition coefficient (Wildman–Crippen LogP) is 4.86. The fourth-order valence-corrected chi connectivity index (χ4v) is 4.00. The van der Waals surface area contributed by atoms with E-state index in [0.717, 1.165) is 12.0 Å². The highest BCUT2D eigenvalue weighted by Crippen LogP contribution is 2.41. The molecule has 2 aromatic rings. The molecule has 0 amide bonds. The molecule has 1 aliphatic rings. The first kappa shape index (κ1) is 20.2. The number of nitrogen functional groups attached to an aromatic ring is 1. The summed E-state index contributed by atoms with van der Waals surface area (Å²) in [6, 6.07) is 13.6. The molecule has 3 nitrogen and oxygen atoms in total. The summed E-state index contributed by atoms with van der Waals surface area (Å²) >= 11 is -1.11. The van der Waals surface area contributed by atoms with Gasteiger partial charge in [-0.05, 0) is 74.8 Å². The van der Waals surface area contributed by atoms with E-state index < -0.39 is 17.2 Å². The first-order chi connectivity index (χ1) is 12.8. The molecule has 146 valence electrons. The van der Waals surface area contributed by atoms with Gasteiger partial charge in [0.15, 0.2) is 0 Å². The first-order valence-electron chi connectivity index (χ1n) is 9.56. The summed E-state index contributed by atoms with van der Waals surface area (Å²) in [7, 11) is 0. The highest BCUT2D eigenvalue weighted by atomic mass is 32.2. The van der Waals surface area contributed by atoms with Crippen molar-refractivity contribution in [2.24, 2.45) is 0 Å². The summed E-state index contributed by atoms with van der Waals surface area (Å²) in [4.78, 5) is 0. The highest BCUT2D eigenvalue weighted by molar-refractivity contribution is 7.90. The van der Waals surface area contributed by atoms with E-state index >= 15 is 0 Å². The van der Waals surface area contributed by atoms with Crippen molar-refractivity contribution >= 4 is 17.0 Å². The lowest BCUT2D eigenvalue weighted by atomic mass is 9.87. The lowest BCUT2D eigenvalue weighted by Crippen LogP contribution is -2.40. The molecule has 0 spiro atoms. The van der Waals surface area contributed by atoms with Gasteiger partial charge in [0, 0.05) is 23.8 Å². The summed E-state index contributed by atoms with van der Waals surface area (Å²) in [5.74, 6) is 0.364. The van der Waals surface area contributed by atoms with Crippen LogP contribution in [0.1, 0.15) is 68.6 Å². The van der Waals surface area contributed by atoms with Gasteiger partial charge in [0.2, 0.25) is 0 Å².